The fraction of sp³-hybridized carbons (Fsp3) is 0.769. The molecule has 1 aromatic heterocycles. The lowest BCUT2D eigenvalue weighted by atomic mass is 10.1. The largest absolute Gasteiger partial charge is 0.328 e. The Morgan fingerprint density at radius 2 is 2.17 bits per heavy atom. The molecule has 1 atom stereocenters. The zero-order valence-corrected chi connectivity index (χ0v) is 12.5. The lowest BCUT2D eigenvalue weighted by Gasteiger charge is -2.14. The van der Waals surface area contributed by atoms with E-state index in [9.17, 15) is 0 Å². The van der Waals surface area contributed by atoms with Crippen molar-refractivity contribution in [3.63, 3.8) is 0 Å². The highest BCUT2D eigenvalue weighted by molar-refractivity contribution is 6.31. The lowest BCUT2D eigenvalue weighted by Crippen LogP contribution is -2.23. The van der Waals surface area contributed by atoms with E-state index in [2.05, 4.69) is 31.0 Å². The van der Waals surface area contributed by atoms with Crippen LogP contribution in [0.5, 0.6) is 0 Å². The van der Waals surface area contributed by atoms with Gasteiger partial charge in [0.2, 0.25) is 0 Å². The first-order chi connectivity index (χ1) is 8.54. The number of rotatable bonds is 8. The molecule has 0 aromatic carbocycles. The highest BCUT2D eigenvalue weighted by atomic mass is 35.5. The molecule has 1 unspecified atom stereocenters. The van der Waals surface area contributed by atoms with E-state index in [-0.39, 0.29) is 6.04 Å². The minimum absolute atomic E-state index is 0.267. The third-order valence-electron chi connectivity index (χ3n) is 3.07. The van der Waals surface area contributed by atoms with Crippen molar-refractivity contribution in [2.24, 2.45) is 5.73 Å². The Morgan fingerprint density at radius 3 is 2.78 bits per heavy atom. The van der Waals surface area contributed by atoms with Gasteiger partial charge in [-0.3, -0.25) is 4.68 Å². The zero-order chi connectivity index (χ0) is 13.5. The van der Waals surface area contributed by atoms with E-state index in [1.165, 1.54) is 0 Å². The van der Waals surface area contributed by atoms with Crippen molar-refractivity contribution in [2.45, 2.75) is 45.2 Å². The molecule has 0 amide bonds. The number of nitrogens with two attached hydrogens (primary N) is 1. The topological polar surface area (TPSA) is 47.1 Å². The fourth-order valence-electron chi connectivity index (χ4n) is 1.96. The Morgan fingerprint density at radius 1 is 1.44 bits per heavy atom. The van der Waals surface area contributed by atoms with Gasteiger partial charge in [0, 0.05) is 12.6 Å². The Kier molecular flexibility index (Phi) is 6.68. The average molecular weight is 273 g/mol. The first-order valence-electron chi connectivity index (χ1n) is 6.65. The molecule has 0 saturated carbocycles. The van der Waals surface area contributed by atoms with Crippen LogP contribution in [0, 0.1) is 0 Å². The molecule has 0 radical (unpaired) electrons. The standard InChI is InChI=1S/C13H25ClN4/c1-4-5-11(15)6-7-13-12(14)10-16-18(13)9-8-17(2)3/h10-11H,4-9,15H2,1-3H3. The molecule has 0 aliphatic carbocycles. The molecule has 4 nitrogen and oxygen atoms in total. The van der Waals surface area contributed by atoms with Crippen LogP contribution < -0.4 is 5.73 Å². The van der Waals surface area contributed by atoms with Gasteiger partial charge < -0.3 is 10.6 Å². The van der Waals surface area contributed by atoms with Gasteiger partial charge in [-0.25, -0.2) is 0 Å². The van der Waals surface area contributed by atoms with Gasteiger partial charge in [0.25, 0.3) is 0 Å². The summed E-state index contributed by atoms with van der Waals surface area (Å²) in [5.74, 6) is 0. The summed E-state index contributed by atoms with van der Waals surface area (Å²) in [6.07, 6.45) is 5.82. The Bertz CT molecular complexity index is 349. The number of aromatic nitrogens is 2. The quantitative estimate of drug-likeness (QED) is 0.789. The second-order valence-electron chi connectivity index (χ2n) is 5.05. The van der Waals surface area contributed by atoms with Crippen LogP contribution >= 0.6 is 11.6 Å². The maximum atomic E-state index is 6.18. The Hall–Kier alpha value is -0.580. The van der Waals surface area contributed by atoms with Crippen LogP contribution in [0.1, 0.15) is 31.9 Å². The van der Waals surface area contributed by atoms with Crippen molar-refractivity contribution < 1.29 is 0 Å². The highest BCUT2D eigenvalue weighted by Gasteiger charge is 2.11. The van der Waals surface area contributed by atoms with Crippen LogP contribution in [0.2, 0.25) is 5.02 Å². The summed E-state index contributed by atoms with van der Waals surface area (Å²) >= 11 is 6.18. The molecular weight excluding hydrogens is 248 g/mol. The van der Waals surface area contributed by atoms with Gasteiger partial charge in [0.1, 0.15) is 0 Å². The Labute approximate surface area is 115 Å². The van der Waals surface area contributed by atoms with Crippen LogP contribution in [-0.4, -0.2) is 41.4 Å². The average Bonchev–Trinajstić information content (AvgIpc) is 2.65. The van der Waals surface area contributed by atoms with Crippen molar-refractivity contribution in [3.8, 4) is 0 Å². The third-order valence-corrected chi connectivity index (χ3v) is 3.38. The second kappa shape index (κ2) is 7.77. The molecule has 104 valence electrons. The zero-order valence-electron chi connectivity index (χ0n) is 11.7. The van der Waals surface area contributed by atoms with E-state index in [1.54, 1.807) is 6.20 Å². The molecule has 0 bridgehead atoms. The first kappa shape index (κ1) is 15.5. The summed E-state index contributed by atoms with van der Waals surface area (Å²) in [4.78, 5) is 2.14. The van der Waals surface area contributed by atoms with E-state index >= 15 is 0 Å². The summed E-state index contributed by atoms with van der Waals surface area (Å²) in [7, 11) is 4.11. The first-order valence-corrected chi connectivity index (χ1v) is 7.02. The molecule has 1 aromatic rings. The molecule has 0 fully saturated rings. The number of halogens is 1. The molecule has 2 N–H and O–H groups in total. The maximum Gasteiger partial charge on any atom is 0.0817 e. The number of likely N-dealkylation sites (N-methyl/N-ethyl adjacent to an activating group) is 1. The van der Waals surface area contributed by atoms with Crippen LogP contribution in [0.25, 0.3) is 0 Å². The SMILES string of the molecule is CCCC(N)CCc1c(Cl)cnn1CCN(C)C. The summed E-state index contributed by atoms with van der Waals surface area (Å²) in [6.45, 7) is 4.00. The van der Waals surface area contributed by atoms with Crippen LogP contribution in [-0.2, 0) is 13.0 Å². The van der Waals surface area contributed by atoms with Crippen molar-refractivity contribution in [1.29, 1.82) is 0 Å². The van der Waals surface area contributed by atoms with Crippen LogP contribution in [0.3, 0.4) is 0 Å². The van der Waals surface area contributed by atoms with Crippen molar-refractivity contribution in [2.75, 3.05) is 20.6 Å². The summed E-state index contributed by atoms with van der Waals surface area (Å²) in [6, 6.07) is 0.267. The normalized spacial score (nSPS) is 13.2. The fourth-order valence-corrected chi connectivity index (χ4v) is 2.20. The van der Waals surface area contributed by atoms with E-state index in [0.29, 0.717) is 0 Å². The molecule has 1 heterocycles. The minimum atomic E-state index is 0.267. The molecule has 0 aliphatic rings. The molecule has 18 heavy (non-hydrogen) atoms. The third kappa shape index (κ3) is 4.96. The van der Waals surface area contributed by atoms with Gasteiger partial charge in [0.15, 0.2) is 0 Å². The van der Waals surface area contributed by atoms with E-state index in [4.69, 9.17) is 17.3 Å². The molecule has 0 spiro atoms. The molecule has 0 saturated heterocycles. The minimum Gasteiger partial charge on any atom is -0.328 e. The highest BCUT2D eigenvalue weighted by Crippen LogP contribution is 2.18. The van der Waals surface area contributed by atoms with Gasteiger partial charge in [0.05, 0.1) is 23.5 Å². The molecular formula is C13H25ClN4. The van der Waals surface area contributed by atoms with Gasteiger partial charge in [-0.15, -0.1) is 0 Å². The van der Waals surface area contributed by atoms with E-state index in [1.807, 2.05) is 4.68 Å². The number of hydrogen-bond acceptors (Lipinski definition) is 3. The van der Waals surface area contributed by atoms with Gasteiger partial charge in [-0.1, -0.05) is 24.9 Å². The van der Waals surface area contributed by atoms with Gasteiger partial charge >= 0.3 is 0 Å². The van der Waals surface area contributed by atoms with Crippen molar-refractivity contribution in [3.05, 3.63) is 16.9 Å². The van der Waals surface area contributed by atoms with Crippen molar-refractivity contribution in [1.82, 2.24) is 14.7 Å². The smallest absolute Gasteiger partial charge is 0.0817 e. The second-order valence-corrected chi connectivity index (χ2v) is 5.46. The summed E-state index contributed by atoms with van der Waals surface area (Å²) < 4.78 is 2.00. The summed E-state index contributed by atoms with van der Waals surface area (Å²) in [5, 5.41) is 5.09. The molecule has 5 heteroatoms. The van der Waals surface area contributed by atoms with E-state index in [0.717, 1.165) is 49.5 Å². The lowest BCUT2D eigenvalue weighted by molar-refractivity contribution is 0.368. The monoisotopic (exact) mass is 272 g/mol. The molecule has 0 aliphatic heterocycles. The predicted molar refractivity (Wildman–Crippen MR) is 77.0 cm³/mol. The summed E-state index contributed by atoms with van der Waals surface area (Å²) in [5.41, 5.74) is 7.16. The van der Waals surface area contributed by atoms with Gasteiger partial charge in [-0.05, 0) is 33.4 Å². The maximum absolute atomic E-state index is 6.18. The Balaban J connectivity index is 2.55. The van der Waals surface area contributed by atoms with E-state index < -0.39 is 0 Å². The molecule has 1 rings (SSSR count). The number of hydrogen-bond donors (Lipinski definition) is 1. The van der Waals surface area contributed by atoms with Crippen molar-refractivity contribution >= 4 is 11.6 Å². The number of nitrogens with zero attached hydrogens (tertiary/aromatic N) is 3. The predicted octanol–water partition coefficient (Wildman–Crippen LogP) is 2.16. The van der Waals surface area contributed by atoms with Crippen LogP contribution in [0.15, 0.2) is 6.20 Å². The van der Waals surface area contributed by atoms with Gasteiger partial charge in [-0.2, -0.15) is 5.10 Å². The van der Waals surface area contributed by atoms with Crippen LogP contribution in [0.4, 0.5) is 0 Å².